The van der Waals surface area contributed by atoms with Crippen LogP contribution < -0.4 is 10.6 Å². The van der Waals surface area contributed by atoms with E-state index in [1.54, 1.807) is 23.0 Å². The number of halogens is 1. The lowest BCUT2D eigenvalue weighted by atomic mass is 10.3. The molecule has 0 saturated heterocycles. The lowest BCUT2D eigenvalue weighted by Gasteiger charge is -2.07. The third-order valence-corrected chi connectivity index (χ3v) is 2.91. The number of rotatable bonds is 6. The summed E-state index contributed by atoms with van der Waals surface area (Å²) in [6.45, 7) is 0.802. The number of aryl methyl sites for hydroxylation is 1. The number of amides is 1. The van der Waals surface area contributed by atoms with E-state index in [0.717, 1.165) is 12.1 Å². The van der Waals surface area contributed by atoms with Crippen LogP contribution in [0.2, 0.25) is 0 Å². The molecule has 0 radical (unpaired) electrons. The van der Waals surface area contributed by atoms with Gasteiger partial charge in [0.05, 0.1) is 12.2 Å². The molecule has 20 heavy (non-hydrogen) atoms. The molecule has 2 N–H and O–H groups in total. The van der Waals surface area contributed by atoms with Gasteiger partial charge in [0.25, 0.3) is 0 Å². The van der Waals surface area contributed by atoms with E-state index >= 15 is 0 Å². The quantitative estimate of drug-likeness (QED) is 0.783. The summed E-state index contributed by atoms with van der Waals surface area (Å²) in [6.07, 6.45) is 2.52. The largest absolute Gasteiger partial charge is 0.322 e. The van der Waals surface area contributed by atoms with Gasteiger partial charge < -0.3 is 10.6 Å². The maximum atomic E-state index is 13.3. The average Bonchev–Trinajstić information content (AvgIpc) is 2.83. The van der Waals surface area contributed by atoms with Gasteiger partial charge in [0.15, 0.2) is 0 Å². The Morgan fingerprint density at radius 2 is 2.15 bits per heavy atom. The molecule has 1 amide bonds. The smallest absolute Gasteiger partial charge is 0.238 e. The SMILES string of the molecule is Cn1nccc1CCNCC(=O)Nc1ccccc1F. The first-order chi connectivity index (χ1) is 9.66. The van der Waals surface area contributed by atoms with Crippen molar-refractivity contribution in [2.45, 2.75) is 6.42 Å². The summed E-state index contributed by atoms with van der Waals surface area (Å²) in [5.74, 6) is -0.698. The van der Waals surface area contributed by atoms with E-state index in [4.69, 9.17) is 0 Å². The number of para-hydroxylation sites is 1. The fraction of sp³-hybridized carbons (Fsp3) is 0.286. The molecular weight excluding hydrogens is 259 g/mol. The number of benzene rings is 1. The first kappa shape index (κ1) is 14.2. The molecule has 0 aliphatic heterocycles. The van der Waals surface area contributed by atoms with Gasteiger partial charge in [-0.05, 0) is 18.2 Å². The Morgan fingerprint density at radius 1 is 1.35 bits per heavy atom. The predicted molar refractivity (Wildman–Crippen MR) is 74.8 cm³/mol. The number of anilines is 1. The molecule has 5 nitrogen and oxygen atoms in total. The summed E-state index contributed by atoms with van der Waals surface area (Å²) in [6, 6.07) is 8.03. The van der Waals surface area contributed by atoms with Crippen molar-refractivity contribution in [3.63, 3.8) is 0 Å². The molecule has 0 fully saturated rings. The van der Waals surface area contributed by atoms with Gasteiger partial charge in [-0.2, -0.15) is 5.10 Å². The van der Waals surface area contributed by atoms with Crippen molar-refractivity contribution in [3.05, 3.63) is 48.0 Å². The van der Waals surface area contributed by atoms with Gasteiger partial charge in [-0.1, -0.05) is 12.1 Å². The first-order valence-corrected chi connectivity index (χ1v) is 6.39. The van der Waals surface area contributed by atoms with Gasteiger partial charge in [0.2, 0.25) is 5.91 Å². The van der Waals surface area contributed by atoms with E-state index in [0.29, 0.717) is 6.54 Å². The molecule has 1 heterocycles. The van der Waals surface area contributed by atoms with Crippen LogP contribution in [0, 0.1) is 5.82 Å². The number of nitrogens with one attached hydrogen (secondary N) is 2. The zero-order chi connectivity index (χ0) is 14.4. The van der Waals surface area contributed by atoms with Crippen LogP contribution in [0.3, 0.4) is 0 Å². The van der Waals surface area contributed by atoms with Crippen LogP contribution in [0.5, 0.6) is 0 Å². The third kappa shape index (κ3) is 3.89. The summed E-state index contributed by atoms with van der Waals surface area (Å²) in [5.41, 5.74) is 1.29. The summed E-state index contributed by atoms with van der Waals surface area (Å²) >= 11 is 0. The minimum atomic E-state index is -0.435. The second-order valence-corrected chi connectivity index (χ2v) is 4.40. The molecular formula is C14H17FN4O. The van der Waals surface area contributed by atoms with Crippen molar-refractivity contribution in [2.75, 3.05) is 18.4 Å². The van der Waals surface area contributed by atoms with E-state index in [9.17, 15) is 9.18 Å². The molecule has 2 aromatic rings. The molecule has 0 aliphatic rings. The van der Waals surface area contributed by atoms with Gasteiger partial charge in [0, 0.05) is 31.9 Å². The third-order valence-electron chi connectivity index (χ3n) is 2.91. The summed E-state index contributed by atoms with van der Waals surface area (Å²) < 4.78 is 15.1. The molecule has 106 valence electrons. The maximum Gasteiger partial charge on any atom is 0.238 e. The van der Waals surface area contributed by atoms with Crippen LogP contribution in [0.25, 0.3) is 0 Å². The number of hydrogen-bond acceptors (Lipinski definition) is 3. The Kier molecular flexibility index (Phi) is 4.84. The van der Waals surface area contributed by atoms with Crippen molar-refractivity contribution >= 4 is 11.6 Å². The normalized spacial score (nSPS) is 10.5. The van der Waals surface area contributed by atoms with Crippen LogP contribution >= 0.6 is 0 Å². The van der Waals surface area contributed by atoms with E-state index in [2.05, 4.69) is 15.7 Å². The highest BCUT2D eigenvalue weighted by molar-refractivity contribution is 5.92. The standard InChI is InChI=1S/C14H17FN4O/c1-19-11(7-9-17-19)6-8-16-10-14(20)18-13-5-3-2-4-12(13)15/h2-5,7,9,16H,6,8,10H2,1H3,(H,18,20). The molecule has 0 aliphatic carbocycles. The molecule has 0 saturated carbocycles. The van der Waals surface area contributed by atoms with Crippen molar-refractivity contribution in [2.24, 2.45) is 7.05 Å². The van der Waals surface area contributed by atoms with Gasteiger partial charge in [0.1, 0.15) is 5.82 Å². The van der Waals surface area contributed by atoms with Crippen LogP contribution in [-0.2, 0) is 18.3 Å². The van der Waals surface area contributed by atoms with Crippen LogP contribution in [0.1, 0.15) is 5.69 Å². The summed E-state index contributed by atoms with van der Waals surface area (Å²) in [5, 5.41) is 9.60. The summed E-state index contributed by atoms with van der Waals surface area (Å²) in [7, 11) is 1.88. The van der Waals surface area contributed by atoms with E-state index < -0.39 is 5.82 Å². The van der Waals surface area contributed by atoms with Crippen LogP contribution in [0.4, 0.5) is 10.1 Å². The average molecular weight is 276 g/mol. The minimum absolute atomic E-state index is 0.145. The number of carbonyl (C=O) groups excluding carboxylic acids is 1. The first-order valence-electron chi connectivity index (χ1n) is 6.39. The van der Waals surface area contributed by atoms with Crippen LogP contribution in [0.15, 0.2) is 36.5 Å². The van der Waals surface area contributed by atoms with E-state index in [-0.39, 0.29) is 18.1 Å². The van der Waals surface area contributed by atoms with E-state index in [1.807, 2.05) is 13.1 Å². The molecule has 0 unspecified atom stereocenters. The second kappa shape index (κ2) is 6.81. The Balaban J connectivity index is 1.71. The summed E-state index contributed by atoms with van der Waals surface area (Å²) in [4.78, 5) is 11.6. The minimum Gasteiger partial charge on any atom is -0.322 e. The molecule has 2 rings (SSSR count). The Hall–Kier alpha value is -2.21. The molecule has 1 aromatic carbocycles. The monoisotopic (exact) mass is 276 g/mol. The molecule has 0 spiro atoms. The zero-order valence-electron chi connectivity index (χ0n) is 11.3. The van der Waals surface area contributed by atoms with Crippen molar-refractivity contribution in [3.8, 4) is 0 Å². The number of nitrogens with zero attached hydrogens (tertiary/aromatic N) is 2. The number of aromatic nitrogens is 2. The highest BCUT2D eigenvalue weighted by atomic mass is 19.1. The fourth-order valence-corrected chi connectivity index (χ4v) is 1.82. The van der Waals surface area contributed by atoms with Crippen molar-refractivity contribution in [1.29, 1.82) is 0 Å². The van der Waals surface area contributed by atoms with Gasteiger partial charge in [-0.3, -0.25) is 9.48 Å². The van der Waals surface area contributed by atoms with Gasteiger partial charge in [-0.25, -0.2) is 4.39 Å². The highest BCUT2D eigenvalue weighted by Crippen LogP contribution is 2.11. The van der Waals surface area contributed by atoms with E-state index in [1.165, 1.54) is 12.1 Å². The number of hydrogen-bond donors (Lipinski definition) is 2. The second-order valence-electron chi connectivity index (χ2n) is 4.40. The maximum absolute atomic E-state index is 13.3. The van der Waals surface area contributed by atoms with Crippen molar-refractivity contribution < 1.29 is 9.18 Å². The Labute approximate surface area is 116 Å². The zero-order valence-corrected chi connectivity index (χ0v) is 11.3. The van der Waals surface area contributed by atoms with Gasteiger partial charge >= 0.3 is 0 Å². The van der Waals surface area contributed by atoms with Gasteiger partial charge in [-0.15, -0.1) is 0 Å². The van der Waals surface area contributed by atoms with Crippen LogP contribution in [-0.4, -0.2) is 28.8 Å². The lowest BCUT2D eigenvalue weighted by Crippen LogP contribution is -2.30. The molecule has 6 heteroatoms. The fourth-order valence-electron chi connectivity index (χ4n) is 1.82. The number of carbonyl (C=O) groups is 1. The lowest BCUT2D eigenvalue weighted by molar-refractivity contribution is -0.115. The topological polar surface area (TPSA) is 59.0 Å². The van der Waals surface area contributed by atoms with Crippen molar-refractivity contribution in [1.82, 2.24) is 15.1 Å². The molecule has 0 bridgehead atoms. The Morgan fingerprint density at radius 3 is 2.85 bits per heavy atom. The highest BCUT2D eigenvalue weighted by Gasteiger charge is 2.05. The molecule has 0 atom stereocenters. The molecule has 1 aromatic heterocycles. The predicted octanol–water partition coefficient (Wildman–Crippen LogP) is 1.33. The Bertz CT molecular complexity index is 582.